The van der Waals surface area contributed by atoms with E-state index in [9.17, 15) is 4.79 Å². The Balaban J connectivity index is 1.40. The molecule has 2 aromatic rings. The highest BCUT2D eigenvalue weighted by atomic mass is 32.1. The van der Waals surface area contributed by atoms with Crippen LogP contribution in [0.4, 0.5) is 4.79 Å². The molecule has 0 saturated carbocycles. The van der Waals surface area contributed by atoms with Crippen LogP contribution in [0.2, 0.25) is 0 Å². The SMILES string of the molecule is CC(CNC(=O)N1CCN(Cc2ccccn2)CC1)c1ccsc1. The first kappa shape index (κ1) is 16.9. The standard InChI is InChI=1S/C18H24N4OS/c1-15(16-5-11-24-14-16)12-20-18(23)22-9-7-21(8-10-22)13-17-4-2-3-6-19-17/h2-6,11,14-15H,7-10,12-13H2,1H3,(H,20,23). The Morgan fingerprint density at radius 3 is 2.79 bits per heavy atom. The van der Waals surface area contributed by atoms with Crippen molar-refractivity contribution in [1.82, 2.24) is 20.1 Å². The molecular formula is C18H24N4OS. The first-order valence-electron chi connectivity index (χ1n) is 8.39. The Bertz CT molecular complexity index is 624. The van der Waals surface area contributed by atoms with Crippen LogP contribution in [0.15, 0.2) is 41.2 Å². The van der Waals surface area contributed by atoms with Crippen molar-refractivity contribution in [1.29, 1.82) is 0 Å². The van der Waals surface area contributed by atoms with E-state index in [-0.39, 0.29) is 6.03 Å². The smallest absolute Gasteiger partial charge is 0.317 e. The van der Waals surface area contributed by atoms with Gasteiger partial charge in [0.2, 0.25) is 0 Å². The largest absolute Gasteiger partial charge is 0.337 e. The van der Waals surface area contributed by atoms with Gasteiger partial charge < -0.3 is 10.2 Å². The van der Waals surface area contributed by atoms with E-state index in [1.807, 2.05) is 29.3 Å². The molecule has 5 nitrogen and oxygen atoms in total. The van der Waals surface area contributed by atoms with Crippen LogP contribution < -0.4 is 5.32 Å². The normalized spacial score (nSPS) is 16.8. The molecule has 3 heterocycles. The van der Waals surface area contributed by atoms with Crippen molar-refractivity contribution in [3.05, 3.63) is 52.5 Å². The van der Waals surface area contributed by atoms with Gasteiger partial charge >= 0.3 is 6.03 Å². The third-order valence-electron chi connectivity index (χ3n) is 4.44. The topological polar surface area (TPSA) is 48.5 Å². The van der Waals surface area contributed by atoms with Gasteiger partial charge in [0.05, 0.1) is 5.69 Å². The summed E-state index contributed by atoms with van der Waals surface area (Å²) in [6.45, 7) is 7.01. The van der Waals surface area contributed by atoms with Gasteiger partial charge in [-0.05, 0) is 40.4 Å². The first-order chi connectivity index (χ1) is 11.7. The van der Waals surface area contributed by atoms with Crippen LogP contribution in [0.3, 0.4) is 0 Å². The number of nitrogens with one attached hydrogen (secondary N) is 1. The van der Waals surface area contributed by atoms with Gasteiger partial charge in [-0.3, -0.25) is 9.88 Å². The van der Waals surface area contributed by atoms with E-state index in [0.29, 0.717) is 12.5 Å². The lowest BCUT2D eigenvalue weighted by molar-refractivity contribution is 0.134. The van der Waals surface area contributed by atoms with Crippen molar-refractivity contribution in [2.24, 2.45) is 0 Å². The number of amides is 2. The van der Waals surface area contributed by atoms with Crippen molar-refractivity contribution in [3.63, 3.8) is 0 Å². The van der Waals surface area contributed by atoms with Gasteiger partial charge in [-0.15, -0.1) is 0 Å². The van der Waals surface area contributed by atoms with Crippen LogP contribution in [0.25, 0.3) is 0 Å². The van der Waals surface area contributed by atoms with Crippen molar-refractivity contribution in [2.75, 3.05) is 32.7 Å². The molecular weight excluding hydrogens is 320 g/mol. The second-order valence-corrected chi connectivity index (χ2v) is 7.01. The molecule has 1 fully saturated rings. The lowest BCUT2D eigenvalue weighted by atomic mass is 10.1. The average molecular weight is 344 g/mol. The molecule has 3 rings (SSSR count). The molecule has 1 aliphatic heterocycles. The maximum Gasteiger partial charge on any atom is 0.317 e. The summed E-state index contributed by atoms with van der Waals surface area (Å²) < 4.78 is 0. The van der Waals surface area contributed by atoms with Crippen molar-refractivity contribution < 1.29 is 4.79 Å². The van der Waals surface area contributed by atoms with Gasteiger partial charge in [-0.1, -0.05) is 13.0 Å². The van der Waals surface area contributed by atoms with Crippen LogP contribution in [0, 0.1) is 0 Å². The molecule has 2 amide bonds. The van der Waals surface area contributed by atoms with Gasteiger partial charge in [-0.25, -0.2) is 4.79 Å². The van der Waals surface area contributed by atoms with Crippen LogP contribution in [-0.4, -0.2) is 53.5 Å². The molecule has 0 radical (unpaired) electrons. The minimum Gasteiger partial charge on any atom is -0.337 e. The minimum absolute atomic E-state index is 0.0505. The van der Waals surface area contributed by atoms with Crippen LogP contribution in [-0.2, 0) is 6.54 Å². The fraction of sp³-hybridized carbons (Fsp3) is 0.444. The molecule has 1 aliphatic rings. The number of hydrogen-bond donors (Lipinski definition) is 1. The van der Waals surface area contributed by atoms with Crippen molar-refractivity contribution in [2.45, 2.75) is 19.4 Å². The highest BCUT2D eigenvalue weighted by Crippen LogP contribution is 2.17. The van der Waals surface area contributed by atoms with E-state index in [1.54, 1.807) is 11.3 Å². The number of nitrogens with zero attached hydrogens (tertiary/aromatic N) is 3. The highest BCUT2D eigenvalue weighted by molar-refractivity contribution is 7.07. The van der Waals surface area contributed by atoms with Crippen molar-refractivity contribution >= 4 is 17.4 Å². The van der Waals surface area contributed by atoms with E-state index in [0.717, 1.165) is 38.4 Å². The summed E-state index contributed by atoms with van der Waals surface area (Å²) in [4.78, 5) is 20.9. The predicted octanol–water partition coefficient (Wildman–Crippen LogP) is 2.77. The van der Waals surface area contributed by atoms with Crippen LogP contribution >= 0.6 is 11.3 Å². The van der Waals surface area contributed by atoms with E-state index in [4.69, 9.17) is 0 Å². The zero-order valence-electron chi connectivity index (χ0n) is 14.0. The quantitative estimate of drug-likeness (QED) is 0.907. The van der Waals surface area contributed by atoms with E-state index >= 15 is 0 Å². The monoisotopic (exact) mass is 344 g/mol. The minimum atomic E-state index is 0.0505. The van der Waals surface area contributed by atoms with Gasteiger partial charge in [0, 0.05) is 45.5 Å². The molecule has 1 unspecified atom stereocenters. The zero-order chi connectivity index (χ0) is 16.8. The number of piperazine rings is 1. The molecule has 2 aromatic heterocycles. The number of urea groups is 1. The summed E-state index contributed by atoms with van der Waals surface area (Å²) >= 11 is 1.70. The fourth-order valence-electron chi connectivity index (χ4n) is 2.86. The Kier molecular flexibility index (Phi) is 5.82. The Labute approximate surface area is 147 Å². The van der Waals surface area contributed by atoms with Gasteiger partial charge in [0.1, 0.15) is 0 Å². The lowest BCUT2D eigenvalue weighted by Crippen LogP contribution is -2.51. The Hall–Kier alpha value is -1.92. The maximum atomic E-state index is 12.3. The number of thiophene rings is 1. The van der Waals surface area contributed by atoms with E-state index in [2.05, 4.69) is 39.0 Å². The van der Waals surface area contributed by atoms with Crippen LogP contribution in [0.1, 0.15) is 24.1 Å². The summed E-state index contributed by atoms with van der Waals surface area (Å²) in [6.07, 6.45) is 1.83. The predicted molar refractivity (Wildman–Crippen MR) is 97.2 cm³/mol. The van der Waals surface area contributed by atoms with Gasteiger partial charge in [0.15, 0.2) is 0 Å². The molecule has 0 aromatic carbocycles. The lowest BCUT2D eigenvalue weighted by Gasteiger charge is -2.34. The molecule has 1 N–H and O–H groups in total. The number of pyridine rings is 1. The summed E-state index contributed by atoms with van der Waals surface area (Å²) in [5.74, 6) is 0.352. The molecule has 6 heteroatoms. The molecule has 0 bridgehead atoms. The summed E-state index contributed by atoms with van der Waals surface area (Å²) in [5.41, 5.74) is 2.38. The van der Waals surface area contributed by atoms with Gasteiger partial charge in [0.25, 0.3) is 0 Å². The molecule has 1 saturated heterocycles. The number of carbonyl (C=O) groups is 1. The summed E-state index contributed by atoms with van der Waals surface area (Å²) in [6, 6.07) is 8.17. The van der Waals surface area contributed by atoms with E-state index in [1.165, 1.54) is 5.56 Å². The zero-order valence-corrected chi connectivity index (χ0v) is 14.8. The maximum absolute atomic E-state index is 12.3. The summed E-state index contributed by atoms with van der Waals surface area (Å²) in [7, 11) is 0. The third-order valence-corrected chi connectivity index (χ3v) is 5.14. The second kappa shape index (κ2) is 8.26. The van der Waals surface area contributed by atoms with E-state index < -0.39 is 0 Å². The number of carbonyl (C=O) groups excluding carboxylic acids is 1. The number of rotatable bonds is 5. The van der Waals surface area contributed by atoms with Gasteiger partial charge in [-0.2, -0.15) is 11.3 Å². The fourth-order valence-corrected chi connectivity index (χ4v) is 3.64. The summed E-state index contributed by atoms with van der Waals surface area (Å²) in [5, 5.41) is 7.29. The highest BCUT2D eigenvalue weighted by Gasteiger charge is 2.21. The van der Waals surface area contributed by atoms with Crippen LogP contribution in [0.5, 0.6) is 0 Å². The van der Waals surface area contributed by atoms with Crippen molar-refractivity contribution in [3.8, 4) is 0 Å². The average Bonchev–Trinajstić information content (AvgIpc) is 3.16. The number of hydrogen-bond acceptors (Lipinski definition) is 4. The third kappa shape index (κ3) is 4.55. The Morgan fingerprint density at radius 1 is 1.29 bits per heavy atom. The second-order valence-electron chi connectivity index (χ2n) is 6.23. The molecule has 0 spiro atoms. The molecule has 1 atom stereocenters. The molecule has 24 heavy (non-hydrogen) atoms. The first-order valence-corrected chi connectivity index (χ1v) is 9.34. The number of aromatic nitrogens is 1. The Morgan fingerprint density at radius 2 is 2.12 bits per heavy atom. The molecule has 128 valence electrons. The molecule has 0 aliphatic carbocycles.